The summed E-state index contributed by atoms with van der Waals surface area (Å²) < 4.78 is 39.1. The zero-order valence-electron chi connectivity index (χ0n) is 27.8. The van der Waals surface area contributed by atoms with Gasteiger partial charge in [0.15, 0.2) is 0 Å². The van der Waals surface area contributed by atoms with Crippen molar-refractivity contribution in [3.63, 3.8) is 0 Å². The normalized spacial score (nSPS) is 14.9. The largest absolute Gasteiger partial charge is 0.456 e. The molecule has 1 amide bonds. The molecule has 4 aromatic rings. The highest BCUT2D eigenvalue weighted by molar-refractivity contribution is 7.89. The zero-order chi connectivity index (χ0) is 34.1. The molecule has 1 N–H and O–H groups in total. The summed E-state index contributed by atoms with van der Waals surface area (Å²) in [6.45, 7) is 0.565. The van der Waals surface area contributed by atoms with Gasteiger partial charge in [-0.25, -0.2) is 8.42 Å². The van der Waals surface area contributed by atoms with Crippen molar-refractivity contribution in [3.05, 3.63) is 127 Å². The quantitative estimate of drug-likeness (QED) is 0.148. The Hall–Kier alpha value is -5.25. The van der Waals surface area contributed by atoms with Crippen LogP contribution in [0.3, 0.4) is 0 Å². The molecule has 1 aliphatic carbocycles. The molecule has 2 aliphatic heterocycles. The second-order valence-electron chi connectivity index (χ2n) is 12.4. The molecule has 3 aliphatic rings. The highest BCUT2D eigenvalue weighted by atomic mass is 32.2. The van der Waals surface area contributed by atoms with Gasteiger partial charge in [-0.1, -0.05) is 54.6 Å². The molecule has 0 saturated carbocycles. The van der Waals surface area contributed by atoms with E-state index in [-0.39, 0.29) is 29.8 Å². The summed E-state index contributed by atoms with van der Waals surface area (Å²) in [4.78, 5) is 14.6. The number of carbonyl (C=O) groups is 1. The number of nitrogens with zero attached hydrogens (tertiary/aromatic N) is 3. The van der Waals surface area contributed by atoms with Gasteiger partial charge >= 0.3 is 0 Å². The van der Waals surface area contributed by atoms with Gasteiger partial charge < -0.3 is 14.6 Å². The topological polar surface area (TPSA) is 85.9 Å². The molecule has 0 unspecified atom stereocenters. The van der Waals surface area contributed by atoms with Gasteiger partial charge in [0, 0.05) is 90.8 Å². The van der Waals surface area contributed by atoms with Crippen molar-refractivity contribution in [1.29, 1.82) is 0 Å². The van der Waals surface area contributed by atoms with Gasteiger partial charge in [0.25, 0.3) is 0 Å². The van der Waals surface area contributed by atoms with Gasteiger partial charge in [-0.15, -0.1) is 0 Å². The summed E-state index contributed by atoms with van der Waals surface area (Å²) in [7, 11) is 1.75. The molecule has 0 spiro atoms. The average molecular weight is 672 g/mol. The summed E-state index contributed by atoms with van der Waals surface area (Å²) in [6, 6.07) is 39.6. The van der Waals surface area contributed by atoms with Crippen LogP contribution >= 0.6 is 0 Å². The van der Waals surface area contributed by atoms with E-state index in [9.17, 15) is 13.2 Å². The number of fused-ring (bicyclic) bond motifs is 2. The van der Waals surface area contributed by atoms with E-state index in [1.165, 1.54) is 4.31 Å². The van der Waals surface area contributed by atoms with E-state index in [0.29, 0.717) is 29.7 Å². The summed E-state index contributed by atoms with van der Waals surface area (Å²) in [6.07, 6.45) is 0.957. The minimum atomic E-state index is -3.89. The predicted octanol–water partition coefficient (Wildman–Crippen LogP) is 6.85. The number of sulfonamides is 1. The Morgan fingerprint density at radius 3 is 2.20 bits per heavy atom. The molecule has 8 nitrogen and oxygen atoms in total. The van der Waals surface area contributed by atoms with Crippen molar-refractivity contribution in [2.75, 3.05) is 39.1 Å². The zero-order valence-corrected chi connectivity index (χ0v) is 28.7. The number of amides is 1. The minimum absolute atomic E-state index is 0.0435. The van der Waals surface area contributed by atoms with E-state index < -0.39 is 10.0 Å². The van der Waals surface area contributed by atoms with Crippen molar-refractivity contribution in [2.24, 2.45) is 5.92 Å². The van der Waals surface area contributed by atoms with Crippen LogP contribution in [0.4, 0.5) is 17.1 Å². The Morgan fingerprint density at radius 2 is 1.49 bits per heavy atom. The van der Waals surface area contributed by atoms with Gasteiger partial charge in [-0.3, -0.25) is 4.79 Å². The minimum Gasteiger partial charge on any atom is -0.456 e. The van der Waals surface area contributed by atoms with E-state index in [4.69, 9.17) is 4.42 Å². The monoisotopic (exact) mass is 671 g/mol. The van der Waals surface area contributed by atoms with Crippen LogP contribution < -0.4 is 20.1 Å². The molecule has 1 fully saturated rings. The Labute approximate surface area is 287 Å². The maximum atomic E-state index is 14.4. The molecule has 4 aromatic carbocycles. The molecule has 9 heteroatoms. The number of benzene rings is 5. The molecular weight excluding hydrogens is 633 g/mol. The number of para-hydroxylation sites is 2. The van der Waals surface area contributed by atoms with Crippen LogP contribution in [-0.2, 0) is 14.8 Å². The molecule has 0 radical (unpaired) electrons. The lowest BCUT2D eigenvalue weighted by atomic mass is 9.93. The second-order valence-corrected chi connectivity index (χ2v) is 14.3. The molecule has 7 rings (SSSR count). The van der Waals surface area contributed by atoms with E-state index in [2.05, 4.69) is 39.1 Å². The van der Waals surface area contributed by atoms with Crippen molar-refractivity contribution in [2.45, 2.75) is 17.7 Å². The van der Waals surface area contributed by atoms with Crippen LogP contribution in [-0.4, -0.2) is 52.9 Å². The van der Waals surface area contributed by atoms with Crippen LogP contribution in [0.2, 0.25) is 0 Å². The number of anilines is 2. The highest BCUT2D eigenvalue weighted by Crippen LogP contribution is 2.44. The van der Waals surface area contributed by atoms with Gasteiger partial charge in [0.05, 0.1) is 11.0 Å². The Kier molecular flexibility index (Phi) is 8.79. The van der Waals surface area contributed by atoms with Crippen LogP contribution in [0.15, 0.2) is 131 Å². The van der Waals surface area contributed by atoms with Gasteiger partial charge in [-0.05, 0) is 49.2 Å². The number of carbonyl (C=O) groups excluding carboxylic acids is 1. The first-order chi connectivity index (χ1) is 23.8. The molecule has 0 bridgehead atoms. The summed E-state index contributed by atoms with van der Waals surface area (Å²) in [5, 5.41) is 4.45. The van der Waals surface area contributed by atoms with Crippen LogP contribution in [0.5, 0.6) is 0 Å². The SMILES string of the molecule is CNC(=O)C1CCN(S(=O)(=O)c2ccccc2-c2c3ccc(=[N+](C)c4ccccc4)cc-3oc3cc(N(C)c4ccccc4)ccc23)CC1. The van der Waals surface area contributed by atoms with Gasteiger partial charge in [0.2, 0.25) is 27.0 Å². The number of nitrogens with one attached hydrogen (secondary N) is 1. The average Bonchev–Trinajstić information content (AvgIpc) is 3.16. The van der Waals surface area contributed by atoms with E-state index >= 15 is 0 Å². The van der Waals surface area contributed by atoms with Gasteiger partial charge in [0.1, 0.15) is 18.4 Å². The third-order valence-electron chi connectivity index (χ3n) is 9.60. The molecular formula is C40H39N4O4S+. The van der Waals surface area contributed by atoms with E-state index in [1.807, 2.05) is 99.0 Å². The van der Waals surface area contributed by atoms with Crippen molar-refractivity contribution < 1.29 is 17.6 Å². The summed E-state index contributed by atoms with van der Waals surface area (Å²) in [5.74, 6) is 0.403. The third kappa shape index (κ3) is 6.11. The van der Waals surface area contributed by atoms with Crippen LogP contribution in [0, 0.1) is 5.92 Å². The first-order valence-corrected chi connectivity index (χ1v) is 17.9. The van der Waals surface area contributed by atoms with Gasteiger partial charge in [-0.2, -0.15) is 8.88 Å². The first kappa shape index (κ1) is 32.3. The van der Waals surface area contributed by atoms with Crippen molar-refractivity contribution in [3.8, 4) is 22.5 Å². The number of rotatable bonds is 7. The van der Waals surface area contributed by atoms with Crippen LogP contribution in [0.1, 0.15) is 12.8 Å². The molecule has 248 valence electrons. The smallest absolute Gasteiger partial charge is 0.243 e. The van der Waals surface area contributed by atoms with Crippen molar-refractivity contribution >= 4 is 44.0 Å². The van der Waals surface area contributed by atoms with Crippen molar-refractivity contribution in [1.82, 2.24) is 14.2 Å². The second kappa shape index (κ2) is 13.3. The first-order valence-electron chi connectivity index (χ1n) is 16.5. The molecule has 1 saturated heterocycles. The highest BCUT2D eigenvalue weighted by Gasteiger charge is 2.34. The number of hydrogen-bond acceptors (Lipinski definition) is 5. The maximum Gasteiger partial charge on any atom is 0.243 e. The standard InChI is InChI=1S/C40H38N4O4S/c1-41-40(45)28-22-24-44(25-23-28)49(46,47)38-17-11-10-16-35(38)39-33-20-18-31(42(2)29-12-6-4-7-13-29)26-36(33)48-37-27-32(19-21-34(37)39)43(3)30-14-8-5-9-15-30/h4-21,26-28H,22-25H2,1-3H3/p+1. The summed E-state index contributed by atoms with van der Waals surface area (Å²) >= 11 is 0. The fourth-order valence-electron chi connectivity index (χ4n) is 6.78. The fourth-order valence-corrected chi connectivity index (χ4v) is 8.44. The Morgan fingerprint density at radius 1 is 0.816 bits per heavy atom. The molecule has 0 atom stereocenters. The summed E-state index contributed by atoms with van der Waals surface area (Å²) in [5.41, 5.74) is 5.85. The number of piperidine rings is 1. The molecule has 0 aromatic heterocycles. The molecule has 49 heavy (non-hydrogen) atoms. The third-order valence-corrected chi connectivity index (χ3v) is 11.6. The Balaban J connectivity index is 1.42. The number of hydrogen-bond donors (Lipinski definition) is 1. The lowest BCUT2D eigenvalue weighted by molar-refractivity contribution is -0.125. The lowest BCUT2D eigenvalue weighted by Gasteiger charge is -2.31. The Bertz CT molecular complexity index is 2290. The lowest BCUT2D eigenvalue weighted by Crippen LogP contribution is -2.42. The van der Waals surface area contributed by atoms with Crippen LogP contribution in [0.25, 0.3) is 33.4 Å². The van der Waals surface area contributed by atoms with E-state index in [0.717, 1.165) is 38.9 Å². The predicted molar refractivity (Wildman–Crippen MR) is 196 cm³/mol. The fraction of sp³-hybridized carbons (Fsp3) is 0.200. The van der Waals surface area contributed by atoms with E-state index in [1.54, 1.807) is 19.2 Å². The molecule has 2 heterocycles. The maximum absolute atomic E-state index is 14.4.